The lowest BCUT2D eigenvalue weighted by Gasteiger charge is -2.39. The van der Waals surface area contributed by atoms with E-state index in [1.54, 1.807) is 0 Å². The van der Waals surface area contributed by atoms with Crippen LogP contribution in [0.25, 0.3) is 5.57 Å². The third-order valence-electron chi connectivity index (χ3n) is 4.05. The van der Waals surface area contributed by atoms with Crippen LogP contribution in [-0.2, 0) is 14.3 Å². The van der Waals surface area contributed by atoms with Crippen LogP contribution in [-0.4, -0.2) is 41.8 Å². The van der Waals surface area contributed by atoms with E-state index in [1.165, 1.54) is 33.3 Å². The standard InChI is InChI=1S/C16H13ClO7/c1-16-10(11(19)12(20)13(23-3)14(16)17)7-4-6(22-2)5-8(18)9(7)15(21)24-16/h4-5,18-19H,1-3H3/t16-/m1/s1. The van der Waals surface area contributed by atoms with Crippen LogP contribution < -0.4 is 4.74 Å². The molecular weight excluding hydrogens is 340 g/mol. The number of benzene rings is 1. The summed E-state index contributed by atoms with van der Waals surface area (Å²) in [6, 6.07) is 2.64. The van der Waals surface area contributed by atoms with Crippen molar-refractivity contribution in [1.82, 2.24) is 0 Å². The van der Waals surface area contributed by atoms with Gasteiger partial charge >= 0.3 is 5.97 Å². The number of carbonyl (C=O) groups excluding carboxylic acids is 2. The molecule has 0 unspecified atom stereocenters. The van der Waals surface area contributed by atoms with Crippen LogP contribution in [0.15, 0.2) is 28.7 Å². The molecule has 0 amide bonds. The third kappa shape index (κ3) is 1.91. The number of aliphatic hydroxyl groups excluding tert-OH is 1. The van der Waals surface area contributed by atoms with E-state index < -0.39 is 28.9 Å². The molecule has 2 aliphatic rings. The van der Waals surface area contributed by atoms with Crippen LogP contribution in [0.5, 0.6) is 11.5 Å². The van der Waals surface area contributed by atoms with Gasteiger partial charge in [-0.1, -0.05) is 11.6 Å². The van der Waals surface area contributed by atoms with Gasteiger partial charge in [0, 0.05) is 11.6 Å². The predicted octanol–water partition coefficient (Wildman–Crippen LogP) is 2.28. The van der Waals surface area contributed by atoms with Crippen LogP contribution in [0, 0.1) is 0 Å². The van der Waals surface area contributed by atoms with E-state index in [9.17, 15) is 19.8 Å². The Labute approximate surface area is 141 Å². The number of ketones is 1. The first-order chi connectivity index (χ1) is 11.3. The number of rotatable bonds is 2. The Balaban J connectivity index is 2.40. The van der Waals surface area contributed by atoms with Crippen LogP contribution in [0.3, 0.4) is 0 Å². The zero-order chi connectivity index (χ0) is 17.8. The first-order valence-electron chi connectivity index (χ1n) is 6.83. The number of halogens is 1. The van der Waals surface area contributed by atoms with Gasteiger partial charge in [0.05, 0.1) is 19.8 Å². The Bertz CT molecular complexity index is 852. The molecule has 0 fully saturated rings. The molecule has 1 aromatic rings. The van der Waals surface area contributed by atoms with Crippen molar-refractivity contribution in [2.45, 2.75) is 12.5 Å². The molecule has 1 aliphatic carbocycles. The van der Waals surface area contributed by atoms with Crippen molar-refractivity contribution in [2.75, 3.05) is 14.2 Å². The molecule has 0 aromatic heterocycles. The molecule has 0 radical (unpaired) electrons. The Morgan fingerprint density at radius 3 is 2.42 bits per heavy atom. The van der Waals surface area contributed by atoms with Gasteiger partial charge in [0.15, 0.2) is 17.1 Å². The maximum Gasteiger partial charge on any atom is 0.343 e. The summed E-state index contributed by atoms with van der Waals surface area (Å²) in [7, 11) is 2.59. The molecule has 7 nitrogen and oxygen atoms in total. The molecule has 126 valence electrons. The molecule has 0 spiro atoms. The predicted molar refractivity (Wildman–Crippen MR) is 82.9 cm³/mol. The number of Topliss-reactive ketones (excluding diaryl/α,β-unsaturated/α-hetero) is 1. The summed E-state index contributed by atoms with van der Waals surface area (Å²) in [5.41, 5.74) is -1.76. The summed E-state index contributed by atoms with van der Waals surface area (Å²) in [6.07, 6.45) is 0. The van der Waals surface area contributed by atoms with E-state index in [0.717, 1.165) is 0 Å². The minimum atomic E-state index is -1.63. The fourth-order valence-electron chi connectivity index (χ4n) is 2.90. The Kier molecular flexibility index (Phi) is 3.49. The molecule has 3 rings (SSSR count). The van der Waals surface area contributed by atoms with Gasteiger partial charge in [0.1, 0.15) is 22.1 Å². The second kappa shape index (κ2) is 5.17. The van der Waals surface area contributed by atoms with Crippen LogP contribution in [0.2, 0.25) is 0 Å². The molecule has 1 aliphatic heterocycles. The zero-order valence-corrected chi connectivity index (χ0v) is 13.7. The zero-order valence-electron chi connectivity index (χ0n) is 13.0. The van der Waals surface area contributed by atoms with Gasteiger partial charge in [-0.15, -0.1) is 0 Å². The maximum atomic E-state index is 12.4. The smallest absolute Gasteiger partial charge is 0.343 e. The summed E-state index contributed by atoms with van der Waals surface area (Å²) in [4.78, 5) is 24.6. The number of carbonyl (C=O) groups is 2. The lowest BCUT2D eigenvalue weighted by molar-refractivity contribution is -0.118. The number of esters is 1. The minimum absolute atomic E-state index is 0.0397. The average molecular weight is 353 g/mol. The molecule has 1 aromatic carbocycles. The monoisotopic (exact) mass is 352 g/mol. The van der Waals surface area contributed by atoms with Gasteiger partial charge in [-0.2, -0.15) is 0 Å². The number of hydrogen-bond acceptors (Lipinski definition) is 7. The Morgan fingerprint density at radius 1 is 1.17 bits per heavy atom. The number of aliphatic hydroxyl groups is 1. The highest BCUT2D eigenvalue weighted by molar-refractivity contribution is 6.37. The average Bonchev–Trinajstić information content (AvgIpc) is 2.52. The van der Waals surface area contributed by atoms with Crippen molar-refractivity contribution in [3.63, 3.8) is 0 Å². The van der Waals surface area contributed by atoms with Crippen LogP contribution in [0.1, 0.15) is 22.8 Å². The topological polar surface area (TPSA) is 102 Å². The number of methoxy groups -OCH3 is 2. The number of aromatic hydroxyl groups is 1. The maximum absolute atomic E-state index is 12.4. The molecule has 2 N–H and O–H groups in total. The van der Waals surface area contributed by atoms with Crippen molar-refractivity contribution in [3.8, 4) is 11.5 Å². The summed E-state index contributed by atoms with van der Waals surface area (Å²) in [5.74, 6) is -2.87. The largest absolute Gasteiger partial charge is 0.507 e. The van der Waals surface area contributed by atoms with Crippen LogP contribution in [0.4, 0.5) is 0 Å². The normalized spacial score (nSPS) is 22.8. The van der Waals surface area contributed by atoms with Gasteiger partial charge in [-0.3, -0.25) is 4.79 Å². The van der Waals surface area contributed by atoms with Gasteiger partial charge in [0.2, 0.25) is 0 Å². The molecular formula is C16H13ClO7. The first kappa shape index (κ1) is 16.2. The minimum Gasteiger partial charge on any atom is -0.507 e. The van der Waals surface area contributed by atoms with Gasteiger partial charge < -0.3 is 24.4 Å². The fraction of sp³-hybridized carbons (Fsp3) is 0.250. The number of ether oxygens (including phenoxy) is 3. The van der Waals surface area contributed by atoms with Gasteiger partial charge in [-0.25, -0.2) is 4.79 Å². The number of hydrogen-bond donors (Lipinski definition) is 2. The van der Waals surface area contributed by atoms with Crippen molar-refractivity contribution in [2.24, 2.45) is 0 Å². The number of phenols is 1. The highest BCUT2D eigenvalue weighted by Gasteiger charge is 2.53. The van der Waals surface area contributed by atoms with Crippen molar-refractivity contribution >= 4 is 28.9 Å². The lowest BCUT2D eigenvalue weighted by Crippen LogP contribution is -2.43. The summed E-state index contributed by atoms with van der Waals surface area (Å²) in [6.45, 7) is 1.42. The Morgan fingerprint density at radius 2 is 1.83 bits per heavy atom. The number of fused-ring (bicyclic) bond motifs is 3. The molecule has 0 bridgehead atoms. The quantitative estimate of drug-likeness (QED) is 0.787. The highest BCUT2D eigenvalue weighted by Crippen LogP contribution is 2.51. The van der Waals surface area contributed by atoms with Crippen molar-refractivity contribution in [1.29, 1.82) is 0 Å². The third-order valence-corrected chi connectivity index (χ3v) is 4.59. The molecule has 24 heavy (non-hydrogen) atoms. The van der Waals surface area contributed by atoms with Crippen molar-refractivity contribution < 1.29 is 34.0 Å². The molecule has 1 heterocycles. The van der Waals surface area contributed by atoms with Crippen LogP contribution >= 0.6 is 11.6 Å². The van der Waals surface area contributed by atoms with E-state index in [2.05, 4.69) is 0 Å². The SMILES string of the molecule is COC1=C(Cl)[C@]2(C)OC(=O)c3c(O)cc(OC)cc3C2=C(O)C1=O. The van der Waals surface area contributed by atoms with Crippen molar-refractivity contribution in [3.05, 3.63) is 39.8 Å². The highest BCUT2D eigenvalue weighted by atomic mass is 35.5. The summed E-state index contributed by atoms with van der Waals surface area (Å²) < 4.78 is 15.3. The molecule has 8 heteroatoms. The van der Waals surface area contributed by atoms with E-state index in [4.69, 9.17) is 25.8 Å². The summed E-state index contributed by atoms with van der Waals surface area (Å²) >= 11 is 6.22. The summed E-state index contributed by atoms with van der Waals surface area (Å²) in [5, 5.41) is 20.3. The van der Waals surface area contributed by atoms with E-state index in [0.29, 0.717) is 0 Å². The Hall–Kier alpha value is -2.67. The second-order valence-corrected chi connectivity index (χ2v) is 5.77. The number of phenolic OH excluding ortho intramolecular Hbond substituents is 1. The van der Waals surface area contributed by atoms with Gasteiger partial charge in [0.25, 0.3) is 5.78 Å². The molecule has 0 saturated heterocycles. The van der Waals surface area contributed by atoms with E-state index >= 15 is 0 Å². The first-order valence-corrected chi connectivity index (χ1v) is 7.21. The van der Waals surface area contributed by atoms with E-state index in [1.807, 2.05) is 0 Å². The second-order valence-electron chi connectivity index (χ2n) is 5.39. The van der Waals surface area contributed by atoms with E-state index in [-0.39, 0.29) is 33.2 Å². The fourth-order valence-corrected chi connectivity index (χ4v) is 3.20. The van der Waals surface area contributed by atoms with Gasteiger partial charge in [-0.05, 0) is 13.0 Å². The lowest BCUT2D eigenvalue weighted by atomic mass is 9.78. The molecule has 1 atom stereocenters. The molecule has 0 saturated carbocycles.